The van der Waals surface area contributed by atoms with Crippen LogP contribution in [0.1, 0.15) is 0 Å². The predicted octanol–water partition coefficient (Wildman–Crippen LogP) is 1.78. The number of nitrogens with one attached hydrogen (secondary N) is 2. The van der Waals surface area contributed by atoms with Gasteiger partial charge in [0.05, 0.1) is 12.2 Å². The van der Waals surface area contributed by atoms with Crippen molar-refractivity contribution in [2.45, 2.75) is 6.10 Å². The largest absolute Gasteiger partial charge is 0.479 e. The summed E-state index contributed by atoms with van der Waals surface area (Å²) in [6.07, 6.45) is -1.63. The van der Waals surface area contributed by atoms with Gasteiger partial charge in [-0.3, -0.25) is 0 Å². The Morgan fingerprint density at radius 2 is 1.83 bits per heavy atom. The van der Waals surface area contributed by atoms with Crippen LogP contribution >= 0.6 is 31.9 Å². The monoisotopic (exact) mass is 380 g/mol. The van der Waals surface area contributed by atoms with Crippen molar-refractivity contribution in [3.8, 4) is 0 Å². The first-order chi connectivity index (χ1) is 8.41. The number of aliphatic carboxylic acids is 1. The van der Waals surface area contributed by atoms with Crippen molar-refractivity contribution >= 4 is 49.5 Å². The highest BCUT2D eigenvalue weighted by molar-refractivity contribution is 9.11. The third-order valence-electron chi connectivity index (χ3n) is 1.94. The van der Waals surface area contributed by atoms with Crippen molar-refractivity contribution in [1.29, 1.82) is 0 Å². The normalized spacial score (nSPS) is 11.7. The lowest BCUT2D eigenvalue weighted by molar-refractivity contribution is -0.146. The molecule has 0 saturated heterocycles. The van der Waals surface area contributed by atoms with E-state index >= 15 is 0 Å². The predicted molar refractivity (Wildman–Crippen MR) is 72.5 cm³/mol. The van der Waals surface area contributed by atoms with Crippen LogP contribution in [0.2, 0.25) is 0 Å². The van der Waals surface area contributed by atoms with E-state index < -0.39 is 18.1 Å². The Hall–Kier alpha value is -1.12. The average molecular weight is 382 g/mol. The summed E-state index contributed by atoms with van der Waals surface area (Å²) >= 11 is 6.53. The van der Waals surface area contributed by atoms with Crippen molar-refractivity contribution in [2.24, 2.45) is 0 Å². The fourth-order valence-corrected chi connectivity index (χ4v) is 2.25. The summed E-state index contributed by atoms with van der Waals surface area (Å²) in [4.78, 5) is 21.8. The smallest absolute Gasteiger partial charge is 0.334 e. The molecule has 8 heteroatoms. The molecule has 98 valence electrons. The van der Waals surface area contributed by atoms with Crippen LogP contribution in [0.3, 0.4) is 0 Å². The highest BCUT2D eigenvalue weighted by Gasteiger charge is 2.15. The average Bonchev–Trinajstić information content (AvgIpc) is 2.30. The number of aliphatic hydroxyl groups excluding tert-OH is 1. The first-order valence-electron chi connectivity index (χ1n) is 4.81. The SMILES string of the molecule is O=C(NC[C@H](O)C(=O)O)Nc1c(Br)cccc1Br. The van der Waals surface area contributed by atoms with E-state index in [1.807, 2.05) is 0 Å². The summed E-state index contributed by atoms with van der Waals surface area (Å²) in [5.41, 5.74) is 0.514. The van der Waals surface area contributed by atoms with Gasteiger partial charge in [-0.1, -0.05) is 6.07 Å². The number of carbonyl (C=O) groups is 2. The van der Waals surface area contributed by atoms with Crippen molar-refractivity contribution in [3.63, 3.8) is 0 Å². The number of anilines is 1. The molecule has 18 heavy (non-hydrogen) atoms. The van der Waals surface area contributed by atoms with Crippen LogP contribution in [-0.2, 0) is 4.79 Å². The van der Waals surface area contributed by atoms with Gasteiger partial charge in [0.2, 0.25) is 0 Å². The summed E-state index contributed by atoms with van der Waals surface area (Å²) in [6.45, 7) is -0.372. The Morgan fingerprint density at radius 1 is 1.28 bits per heavy atom. The van der Waals surface area contributed by atoms with E-state index in [1.54, 1.807) is 18.2 Å². The maximum absolute atomic E-state index is 11.5. The molecule has 0 bridgehead atoms. The lowest BCUT2D eigenvalue weighted by Gasteiger charge is -2.11. The van der Waals surface area contributed by atoms with Crippen molar-refractivity contribution in [3.05, 3.63) is 27.1 Å². The number of para-hydroxylation sites is 1. The minimum absolute atomic E-state index is 0.372. The third-order valence-corrected chi connectivity index (χ3v) is 3.26. The van der Waals surface area contributed by atoms with Crippen LogP contribution in [0, 0.1) is 0 Å². The highest BCUT2D eigenvalue weighted by Crippen LogP contribution is 2.30. The molecule has 4 N–H and O–H groups in total. The number of carbonyl (C=O) groups excluding carboxylic acids is 1. The second-order valence-electron chi connectivity index (χ2n) is 3.29. The van der Waals surface area contributed by atoms with Crippen molar-refractivity contribution in [2.75, 3.05) is 11.9 Å². The summed E-state index contributed by atoms with van der Waals surface area (Å²) in [5.74, 6) is -1.39. The number of aliphatic hydroxyl groups is 1. The molecule has 0 unspecified atom stereocenters. The number of halogens is 2. The van der Waals surface area contributed by atoms with Crippen LogP contribution < -0.4 is 10.6 Å². The van der Waals surface area contributed by atoms with Crippen molar-refractivity contribution < 1.29 is 19.8 Å². The zero-order valence-corrected chi connectivity index (χ0v) is 12.2. The number of rotatable bonds is 4. The van der Waals surface area contributed by atoms with E-state index in [0.29, 0.717) is 14.6 Å². The van der Waals surface area contributed by atoms with E-state index in [-0.39, 0.29) is 6.54 Å². The van der Waals surface area contributed by atoms with Gasteiger partial charge in [-0.05, 0) is 44.0 Å². The molecule has 1 rings (SSSR count). The van der Waals surface area contributed by atoms with Gasteiger partial charge in [0, 0.05) is 8.95 Å². The minimum atomic E-state index is -1.63. The lowest BCUT2D eigenvalue weighted by Crippen LogP contribution is -2.38. The van der Waals surface area contributed by atoms with E-state index in [0.717, 1.165) is 0 Å². The minimum Gasteiger partial charge on any atom is -0.479 e. The number of hydrogen-bond donors (Lipinski definition) is 4. The maximum Gasteiger partial charge on any atom is 0.334 e. The number of hydrogen-bond acceptors (Lipinski definition) is 3. The summed E-state index contributed by atoms with van der Waals surface area (Å²) in [5, 5.41) is 22.2. The second kappa shape index (κ2) is 6.72. The number of carboxylic acid groups (broad SMARTS) is 1. The molecule has 1 aromatic carbocycles. The first kappa shape index (κ1) is 14.9. The molecule has 0 aromatic heterocycles. The van der Waals surface area contributed by atoms with Gasteiger partial charge >= 0.3 is 12.0 Å². The van der Waals surface area contributed by atoms with E-state index in [2.05, 4.69) is 42.5 Å². The zero-order valence-electron chi connectivity index (χ0n) is 8.98. The molecule has 2 amide bonds. The third kappa shape index (κ3) is 4.28. The molecule has 6 nitrogen and oxygen atoms in total. The van der Waals surface area contributed by atoms with Crippen LogP contribution in [0.25, 0.3) is 0 Å². The van der Waals surface area contributed by atoms with Crippen LogP contribution in [-0.4, -0.2) is 34.9 Å². The second-order valence-corrected chi connectivity index (χ2v) is 4.99. The van der Waals surface area contributed by atoms with Gasteiger partial charge in [-0.25, -0.2) is 9.59 Å². The molecule has 1 atom stereocenters. The number of urea groups is 1. The summed E-state index contributed by atoms with van der Waals surface area (Å²) < 4.78 is 1.34. The van der Waals surface area contributed by atoms with Crippen LogP contribution in [0.4, 0.5) is 10.5 Å². The van der Waals surface area contributed by atoms with Crippen molar-refractivity contribution in [1.82, 2.24) is 5.32 Å². The van der Waals surface area contributed by atoms with Gasteiger partial charge in [0.15, 0.2) is 6.10 Å². The molecule has 0 fully saturated rings. The Balaban J connectivity index is 2.58. The fraction of sp³-hybridized carbons (Fsp3) is 0.200. The molecule has 0 aliphatic carbocycles. The standard InChI is InChI=1S/C10H10Br2N2O4/c11-5-2-1-3-6(12)8(5)14-10(18)13-4-7(15)9(16)17/h1-3,7,15H,4H2,(H,16,17)(H2,13,14,18)/t7-/m0/s1. The Bertz CT molecular complexity index is 447. The lowest BCUT2D eigenvalue weighted by atomic mass is 10.3. The van der Waals surface area contributed by atoms with E-state index in [1.165, 1.54) is 0 Å². The maximum atomic E-state index is 11.5. The van der Waals surface area contributed by atoms with Gasteiger partial charge in [-0.15, -0.1) is 0 Å². The summed E-state index contributed by atoms with van der Waals surface area (Å²) in [7, 11) is 0. The number of amides is 2. The Kier molecular flexibility index (Phi) is 5.57. The van der Waals surface area contributed by atoms with Gasteiger partial charge in [0.1, 0.15) is 0 Å². The van der Waals surface area contributed by atoms with Gasteiger partial charge in [0.25, 0.3) is 0 Å². The van der Waals surface area contributed by atoms with Crippen LogP contribution in [0.5, 0.6) is 0 Å². The Labute approximate surface area is 120 Å². The topological polar surface area (TPSA) is 98.7 Å². The zero-order chi connectivity index (χ0) is 13.7. The van der Waals surface area contributed by atoms with Gasteiger partial charge < -0.3 is 20.8 Å². The quantitative estimate of drug-likeness (QED) is 0.638. The fourth-order valence-electron chi connectivity index (χ4n) is 1.05. The van der Waals surface area contributed by atoms with E-state index in [4.69, 9.17) is 10.2 Å². The van der Waals surface area contributed by atoms with E-state index in [9.17, 15) is 9.59 Å². The molecule has 0 spiro atoms. The Morgan fingerprint density at radius 3 is 2.33 bits per heavy atom. The molecule has 0 saturated carbocycles. The molecular formula is C10H10Br2N2O4. The highest BCUT2D eigenvalue weighted by atomic mass is 79.9. The molecule has 0 aliphatic heterocycles. The first-order valence-corrected chi connectivity index (χ1v) is 6.40. The summed E-state index contributed by atoms with van der Waals surface area (Å²) in [6, 6.07) is 4.66. The number of benzene rings is 1. The van der Waals surface area contributed by atoms with Gasteiger partial charge in [-0.2, -0.15) is 0 Å². The number of carboxylic acids is 1. The molecule has 1 aromatic rings. The molecule has 0 heterocycles. The van der Waals surface area contributed by atoms with Crippen LogP contribution in [0.15, 0.2) is 27.1 Å². The molecule has 0 radical (unpaired) electrons. The molecule has 0 aliphatic rings. The molecular weight excluding hydrogens is 372 g/mol.